The van der Waals surface area contributed by atoms with Crippen molar-refractivity contribution in [3.8, 4) is 0 Å². The van der Waals surface area contributed by atoms with Gasteiger partial charge in [-0.25, -0.2) is 0 Å². The molecule has 90 valence electrons. The van der Waals surface area contributed by atoms with E-state index in [0.717, 1.165) is 13.2 Å². The molecule has 2 rings (SSSR count). The lowest BCUT2D eigenvalue weighted by Crippen LogP contribution is -2.38. The summed E-state index contributed by atoms with van der Waals surface area (Å²) >= 11 is 5.31. The zero-order valence-corrected chi connectivity index (χ0v) is 11.6. The van der Waals surface area contributed by atoms with Crippen molar-refractivity contribution < 1.29 is 9.47 Å². The molecular weight excluding hydrogens is 290 g/mol. The Morgan fingerprint density at radius 2 is 2.50 bits per heavy atom. The predicted octanol–water partition coefficient (Wildman–Crippen LogP) is 2.58. The van der Waals surface area contributed by atoms with E-state index in [2.05, 4.69) is 39.6 Å². The fraction of sp³-hybridized carbons (Fsp3) is 0.636. The molecule has 0 aliphatic carbocycles. The van der Waals surface area contributed by atoms with Crippen molar-refractivity contribution in [1.29, 1.82) is 0 Å². The van der Waals surface area contributed by atoms with Gasteiger partial charge in [-0.1, -0.05) is 0 Å². The molecule has 5 heteroatoms. The first-order valence-corrected chi connectivity index (χ1v) is 7.10. The molecule has 0 aromatic carbocycles. The third-order valence-electron chi connectivity index (χ3n) is 2.57. The number of hydrogen-bond donors (Lipinski definition) is 1. The fourth-order valence-electron chi connectivity index (χ4n) is 1.67. The Balaban J connectivity index is 1.79. The lowest BCUT2D eigenvalue weighted by molar-refractivity contribution is -0.0869. The standard InChI is InChI=1S/C11H16BrNO2S/c1-8(11-10(12)2-5-16-11)13-6-9-7-14-3-4-15-9/h2,5,8-9,13H,3-4,6-7H2,1H3. The highest BCUT2D eigenvalue weighted by Crippen LogP contribution is 2.28. The predicted molar refractivity (Wildman–Crippen MR) is 69.0 cm³/mol. The molecule has 3 nitrogen and oxygen atoms in total. The zero-order chi connectivity index (χ0) is 11.4. The smallest absolute Gasteiger partial charge is 0.0933 e. The summed E-state index contributed by atoms with van der Waals surface area (Å²) in [6.07, 6.45) is 0.190. The fourth-order valence-corrected chi connectivity index (χ4v) is 3.42. The van der Waals surface area contributed by atoms with Crippen LogP contribution in [0.25, 0.3) is 0 Å². The highest BCUT2D eigenvalue weighted by molar-refractivity contribution is 9.10. The summed E-state index contributed by atoms with van der Waals surface area (Å²) in [5.41, 5.74) is 0. The quantitative estimate of drug-likeness (QED) is 0.927. The molecule has 0 spiro atoms. The van der Waals surface area contributed by atoms with Crippen molar-refractivity contribution >= 4 is 27.3 Å². The van der Waals surface area contributed by atoms with Crippen LogP contribution in [0.5, 0.6) is 0 Å². The molecule has 2 unspecified atom stereocenters. The maximum Gasteiger partial charge on any atom is 0.0933 e. The lowest BCUT2D eigenvalue weighted by atomic mass is 10.2. The molecule has 0 bridgehead atoms. The van der Waals surface area contributed by atoms with Crippen molar-refractivity contribution in [2.45, 2.75) is 19.1 Å². The van der Waals surface area contributed by atoms with Crippen molar-refractivity contribution in [2.24, 2.45) is 0 Å². The minimum atomic E-state index is 0.190. The van der Waals surface area contributed by atoms with Crippen LogP contribution in [-0.2, 0) is 9.47 Å². The Bertz CT molecular complexity index is 326. The van der Waals surface area contributed by atoms with E-state index in [9.17, 15) is 0 Å². The summed E-state index contributed by atoms with van der Waals surface area (Å²) in [7, 11) is 0. The number of nitrogens with one attached hydrogen (secondary N) is 1. The van der Waals surface area contributed by atoms with E-state index >= 15 is 0 Å². The van der Waals surface area contributed by atoms with Crippen LogP contribution >= 0.6 is 27.3 Å². The monoisotopic (exact) mass is 305 g/mol. The van der Waals surface area contributed by atoms with Gasteiger partial charge in [-0.2, -0.15) is 0 Å². The Kier molecular flexibility index (Phi) is 4.79. The van der Waals surface area contributed by atoms with Gasteiger partial charge >= 0.3 is 0 Å². The normalized spacial score (nSPS) is 23.2. The van der Waals surface area contributed by atoms with Crippen molar-refractivity contribution in [1.82, 2.24) is 5.32 Å². The van der Waals surface area contributed by atoms with Crippen LogP contribution < -0.4 is 5.32 Å². The number of thiophene rings is 1. The average molecular weight is 306 g/mol. The Morgan fingerprint density at radius 3 is 3.12 bits per heavy atom. The van der Waals surface area contributed by atoms with E-state index in [1.807, 2.05) is 0 Å². The molecule has 0 amide bonds. The van der Waals surface area contributed by atoms with E-state index in [4.69, 9.17) is 9.47 Å². The maximum absolute atomic E-state index is 5.58. The topological polar surface area (TPSA) is 30.5 Å². The van der Waals surface area contributed by atoms with Gasteiger partial charge in [0.2, 0.25) is 0 Å². The first-order chi connectivity index (χ1) is 7.77. The SMILES string of the molecule is CC(NCC1COCCO1)c1sccc1Br. The largest absolute Gasteiger partial charge is 0.376 e. The number of hydrogen-bond acceptors (Lipinski definition) is 4. The summed E-state index contributed by atoms with van der Waals surface area (Å²) in [4.78, 5) is 1.33. The van der Waals surface area contributed by atoms with Crippen LogP contribution in [0.3, 0.4) is 0 Å². The molecule has 2 atom stereocenters. The summed E-state index contributed by atoms with van der Waals surface area (Å²) in [5, 5.41) is 5.57. The lowest BCUT2D eigenvalue weighted by Gasteiger charge is -2.24. The Morgan fingerprint density at radius 1 is 1.62 bits per heavy atom. The number of ether oxygens (including phenoxy) is 2. The van der Waals surface area contributed by atoms with Gasteiger partial charge in [0.05, 0.1) is 25.9 Å². The summed E-state index contributed by atoms with van der Waals surface area (Å²) < 4.78 is 12.1. The zero-order valence-electron chi connectivity index (χ0n) is 9.24. The molecule has 16 heavy (non-hydrogen) atoms. The molecule has 1 aromatic rings. The molecule has 1 N–H and O–H groups in total. The van der Waals surface area contributed by atoms with Crippen LogP contribution in [0.4, 0.5) is 0 Å². The van der Waals surface area contributed by atoms with Gasteiger partial charge in [-0.15, -0.1) is 11.3 Å². The second-order valence-electron chi connectivity index (χ2n) is 3.83. The minimum Gasteiger partial charge on any atom is -0.376 e. The molecule has 2 heterocycles. The van der Waals surface area contributed by atoms with Crippen LogP contribution in [0.1, 0.15) is 17.8 Å². The molecule has 0 radical (unpaired) electrons. The van der Waals surface area contributed by atoms with Gasteiger partial charge in [0.15, 0.2) is 0 Å². The van der Waals surface area contributed by atoms with Crippen LogP contribution in [0.2, 0.25) is 0 Å². The van der Waals surface area contributed by atoms with E-state index in [-0.39, 0.29) is 6.10 Å². The first-order valence-electron chi connectivity index (χ1n) is 5.43. The van der Waals surface area contributed by atoms with Crippen molar-refractivity contribution in [3.63, 3.8) is 0 Å². The summed E-state index contributed by atoms with van der Waals surface area (Å²) in [5.74, 6) is 0. The molecule has 1 saturated heterocycles. The molecule has 0 saturated carbocycles. The van der Waals surface area contributed by atoms with E-state index in [1.165, 1.54) is 9.35 Å². The van der Waals surface area contributed by atoms with Gasteiger partial charge in [0.25, 0.3) is 0 Å². The molecule has 1 aliphatic heterocycles. The second-order valence-corrected chi connectivity index (χ2v) is 5.63. The molecule has 1 fully saturated rings. The van der Waals surface area contributed by atoms with E-state index in [0.29, 0.717) is 19.3 Å². The average Bonchev–Trinajstić information content (AvgIpc) is 2.74. The molecule has 1 aromatic heterocycles. The molecular formula is C11H16BrNO2S. The van der Waals surface area contributed by atoms with E-state index < -0.39 is 0 Å². The number of halogens is 1. The minimum absolute atomic E-state index is 0.190. The second kappa shape index (κ2) is 6.12. The van der Waals surface area contributed by atoms with Gasteiger partial charge in [-0.05, 0) is 34.3 Å². The van der Waals surface area contributed by atoms with Crippen LogP contribution in [0.15, 0.2) is 15.9 Å². The van der Waals surface area contributed by atoms with Crippen LogP contribution in [0, 0.1) is 0 Å². The Hall–Kier alpha value is 0.0600. The maximum atomic E-state index is 5.58. The number of rotatable bonds is 4. The van der Waals surface area contributed by atoms with E-state index in [1.54, 1.807) is 11.3 Å². The van der Waals surface area contributed by atoms with Gasteiger partial charge in [-0.3, -0.25) is 0 Å². The summed E-state index contributed by atoms with van der Waals surface area (Å²) in [6.45, 7) is 5.14. The van der Waals surface area contributed by atoms with Crippen molar-refractivity contribution in [3.05, 3.63) is 20.8 Å². The third-order valence-corrected chi connectivity index (χ3v) is 4.63. The summed E-state index contributed by atoms with van der Waals surface area (Å²) in [6, 6.07) is 2.43. The highest BCUT2D eigenvalue weighted by atomic mass is 79.9. The Labute approximate surface area is 108 Å². The van der Waals surface area contributed by atoms with Gasteiger partial charge in [0, 0.05) is 21.9 Å². The third kappa shape index (κ3) is 3.28. The first kappa shape index (κ1) is 12.5. The molecule has 1 aliphatic rings. The van der Waals surface area contributed by atoms with Gasteiger partial charge in [0.1, 0.15) is 0 Å². The van der Waals surface area contributed by atoms with Crippen molar-refractivity contribution in [2.75, 3.05) is 26.4 Å². The highest BCUT2D eigenvalue weighted by Gasteiger charge is 2.16. The van der Waals surface area contributed by atoms with Gasteiger partial charge < -0.3 is 14.8 Å². The van der Waals surface area contributed by atoms with Crippen LogP contribution in [-0.4, -0.2) is 32.5 Å².